The molecule has 0 bridgehead atoms. The molecule has 0 radical (unpaired) electrons. The first kappa shape index (κ1) is 21.2. The van der Waals surface area contributed by atoms with Crippen molar-refractivity contribution < 1.29 is 23.8 Å². The van der Waals surface area contributed by atoms with Crippen LogP contribution in [0.3, 0.4) is 0 Å². The van der Waals surface area contributed by atoms with Crippen LogP contribution in [0.1, 0.15) is 37.6 Å². The number of benzene rings is 1. The first-order chi connectivity index (χ1) is 14.0. The first-order valence-electron chi connectivity index (χ1n) is 9.11. The van der Waals surface area contributed by atoms with Crippen LogP contribution in [0.2, 0.25) is 0 Å². The third-order valence-electron chi connectivity index (χ3n) is 4.44. The maximum Gasteiger partial charge on any atom is 0.341 e. The van der Waals surface area contributed by atoms with Gasteiger partial charge in [0, 0.05) is 12.0 Å². The minimum atomic E-state index is -0.405. The monoisotopic (exact) mass is 434 g/mol. The number of esters is 1. The summed E-state index contributed by atoms with van der Waals surface area (Å²) >= 11 is 6.77. The van der Waals surface area contributed by atoms with Crippen LogP contribution < -0.4 is 15.4 Å². The fraction of sp³-hybridized carbons (Fsp3) is 0.350. The molecule has 1 aromatic carbocycles. The van der Waals surface area contributed by atoms with E-state index in [2.05, 4.69) is 10.6 Å². The Balaban J connectivity index is 1.71. The predicted molar refractivity (Wildman–Crippen MR) is 115 cm³/mol. The van der Waals surface area contributed by atoms with E-state index < -0.39 is 11.9 Å². The van der Waals surface area contributed by atoms with Gasteiger partial charge in [0.2, 0.25) is 0 Å². The summed E-state index contributed by atoms with van der Waals surface area (Å²) in [6, 6.07) is 6.89. The van der Waals surface area contributed by atoms with Crippen molar-refractivity contribution >= 4 is 45.5 Å². The molecule has 29 heavy (non-hydrogen) atoms. The molecule has 0 aliphatic heterocycles. The zero-order valence-electron chi connectivity index (χ0n) is 16.2. The van der Waals surface area contributed by atoms with Gasteiger partial charge in [0.25, 0.3) is 5.91 Å². The summed E-state index contributed by atoms with van der Waals surface area (Å²) in [5.74, 6) is -0.368. The minimum Gasteiger partial charge on any atom is -0.490 e. The molecule has 0 saturated carbocycles. The predicted octanol–water partition coefficient (Wildman–Crippen LogP) is 3.18. The number of nitrogens with one attached hydrogen (secondary N) is 2. The van der Waals surface area contributed by atoms with Crippen molar-refractivity contribution in [2.75, 3.05) is 32.8 Å². The molecule has 0 spiro atoms. The second-order valence-electron chi connectivity index (χ2n) is 6.30. The van der Waals surface area contributed by atoms with Gasteiger partial charge in [-0.1, -0.05) is 12.1 Å². The topological polar surface area (TPSA) is 85.9 Å². The molecule has 0 unspecified atom stereocenters. The van der Waals surface area contributed by atoms with Gasteiger partial charge in [-0.05, 0) is 49.2 Å². The lowest BCUT2D eigenvalue weighted by molar-refractivity contribution is 0.0601. The zero-order chi connectivity index (χ0) is 20.8. The summed E-state index contributed by atoms with van der Waals surface area (Å²) < 4.78 is 15.5. The Morgan fingerprint density at radius 1 is 1.17 bits per heavy atom. The highest BCUT2D eigenvalue weighted by Gasteiger charge is 2.27. The van der Waals surface area contributed by atoms with E-state index >= 15 is 0 Å². The van der Waals surface area contributed by atoms with E-state index in [0.29, 0.717) is 35.1 Å². The Morgan fingerprint density at radius 2 is 1.97 bits per heavy atom. The Bertz CT molecular complexity index is 926. The van der Waals surface area contributed by atoms with Gasteiger partial charge in [-0.15, -0.1) is 11.3 Å². The van der Waals surface area contributed by atoms with Crippen LogP contribution in [-0.2, 0) is 22.3 Å². The number of ether oxygens (including phenoxy) is 3. The van der Waals surface area contributed by atoms with Crippen LogP contribution in [0.25, 0.3) is 0 Å². The molecule has 1 aliphatic carbocycles. The summed E-state index contributed by atoms with van der Waals surface area (Å²) in [7, 11) is 2.93. The minimum absolute atomic E-state index is 0.103. The summed E-state index contributed by atoms with van der Waals surface area (Å²) in [5, 5.41) is 6.33. The lowest BCUT2D eigenvalue weighted by Crippen LogP contribution is -2.34. The highest BCUT2D eigenvalue weighted by molar-refractivity contribution is 7.80. The number of hydrogen-bond acceptors (Lipinski definition) is 7. The van der Waals surface area contributed by atoms with Crippen LogP contribution in [0, 0.1) is 0 Å². The van der Waals surface area contributed by atoms with E-state index in [4.69, 9.17) is 26.4 Å². The van der Waals surface area contributed by atoms with E-state index in [1.54, 1.807) is 31.4 Å². The number of thiophene rings is 1. The smallest absolute Gasteiger partial charge is 0.341 e. The lowest BCUT2D eigenvalue weighted by Gasteiger charge is -2.13. The zero-order valence-corrected chi connectivity index (χ0v) is 17.8. The van der Waals surface area contributed by atoms with Crippen molar-refractivity contribution in [3.63, 3.8) is 0 Å². The van der Waals surface area contributed by atoms with Gasteiger partial charge in [-0.3, -0.25) is 10.1 Å². The first-order valence-corrected chi connectivity index (χ1v) is 10.3. The third kappa shape index (κ3) is 4.92. The van der Waals surface area contributed by atoms with Crippen molar-refractivity contribution in [1.29, 1.82) is 0 Å². The van der Waals surface area contributed by atoms with Crippen molar-refractivity contribution in [2.45, 2.75) is 19.3 Å². The van der Waals surface area contributed by atoms with Gasteiger partial charge in [0.1, 0.15) is 17.4 Å². The van der Waals surface area contributed by atoms with Crippen LogP contribution in [0.5, 0.6) is 5.75 Å². The highest BCUT2D eigenvalue weighted by Crippen LogP contribution is 2.39. The number of amides is 1. The number of carbonyl (C=O) groups excluding carboxylic acids is 2. The van der Waals surface area contributed by atoms with E-state index in [-0.39, 0.29) is 5.11 Å². The van der Waals surface area contributed by atoms with Gasteiger partial charge in [-0.2, -0.15) is 0 Å². The fourth-order valence-corrected chi connectivity index (χ4v) is 4.67. The number of hydrogen-bond donors (Lipinski definition) is 2. The Kier molecular flexibility index (Phi) is 7.18. The Hall–Kier alpha value is -2.49. The third-order valence-corrected chi connectivity index (χ3v) is 5.85. The SMILES string of the molecule is COCCOc1ccccc1C(=O)NC(=S)Nc1sc2c(c1C(=O)OC)CCC2. The van der Waals surface area contributed by atoms with Gasteiger partial charge >= 0.3 is 5.97 Å². The van der Waals surface area contributed by atoms with Crippen LogP contribution in [-0.4, -0.2) is 44.4 Å². The molecule has 7 nitrogen and oxygen atoms in total. The van der Waals surface area contributed by atoms with Crippen molar-refractivity contribution in [3.8, 4) is 5.75 Å². The molecule has 1 amide bonds. The van der Waals surface area contributed by atoms with Crippen LogP contribution >= 0.6 is 23.6 Å². The number of rotatable bonds is 7. The van der Waals surface area contributed by atoms with E-state index in [0.717, 1.165) is 29.7 Å². The van der Waals surface area contributed by atoms with Crippen molar-refractivity contribution in [2.24, 2.45) is 0 Å². The maximum atomic E-state index is 12.7. The van der Waals surface area contributed by atoms with Gasteiger partial charge < -0.3 is 19.5 Å². The molecular weight excluding hydrogens is 412 g/mol. The molecule has 2 N–H and O–H groups in total. The summed E-state index contributed by atoms with van der Waals surface area (Å²) in [5.41, 5.74) is 1.87. The Labute approximate surface area is 178 Å². The molecule has 154 valence electrons. The number of carbonyl (C=O) groups is 2. The van der Waals surface area contributed by atoms with E-state index in [9.17, 15) is 9.59 Å². The van der Waals surface area contributed by atoms with Crippen LogP contribution in [0.15, 0.2) is 24.3 Å². The quantitative estimate of drug-likeness (QED) is 0.393. The van der Waals surface area contributed by atoms with E-state index in [1.807, 2.05) is 0 Å². The van der Waals surface area contributed by atoms with Gasteiger partial charge in [0.15, 0.2) is 5.11 Å². The number of methoxy groups -OCH3 is 2. The number of thiocarbonyl (C=S) groups is 1. The van der Waals surface area contributed by atoms with E-state index in [1.165, 1.54) is 18.4 Å². The molecule has 2 aromatic rings. The molecule has 3 rings (SSSR count). The average Bonchev–Trinajstić information content (AvgIpc) is 3.28. The molecule has 0 atom stereocenters. The molecule has 1 aliphatic rings. The van der Waals surface area contributed by atoms with Gasteiger partial charge in [-0.25, -0.2) is 4.79 Å². The van der Waals surface area contributed by atoms with Crippen molar-refractivity contribution in [3.05, 3.63) is 45.8 Å². The molecule has 1 heterocycles. The average molecular weight is 435 g/mol. The Morgan fingerprint density at radius 3 is 2.72 bits per heavy atom. The maximum absolute atomic E-state index is 12.7. The summed E-state index contributed by atoms with van der Waals surface area (Å²) in [4.78, 5) is 26.1. The molecular formula is C20H22N2O5S2. The summed E-state index contributed by atoms with van der Waals surface area (Å²) in [6.07, 6.45) is 2.78. The van der Waals surface area contributed by atoms with Crippen LogP contribution in [0.4, 0.5) is 5.00 Å². The number of aryl methyl sites for hydroxylation is 1. The second kappa shape index (κ2) is 9.82. The van der Waals surface area contributed by atoms with Crippen molar-refractivity contribution in [1.82, 2.24) is 5.32 Å². The lowest BCUT2D eigenvalue weighted by atomic mass is 10.1. The molecule has 9 heteroatoms. The molecule has 1 aromatic heterocycles. The second-order valence-corrected chi connectivity index (χ2v) is 7.81. The normalized spacial score (nSPS) is 12.2. The summed E-state index contributed by atoms with van der Waals surface area (Å²) in [6.45, 7) is 0.738. The molecule has 0 saturated heterocycles. The largest absolute Gasteiger partial charge is 0.490 e. The molecule has 0 fully saturated rings. The number of para-hydroxylation sites is 1. The van der Waals surface area contributed by atoms with Gasteiger partial charge in [0.05, 0.1) is 24.8 Å². The fourth-order valence-electron chi connectivity index (χ4n) is 3.13. The standard InChI is InChI=1S/C20H22N2O5S2/c1-25-10-11-27-14-8-4-3-6-12(14)17(23)21-20(28)22-18-16(19(24)26-2)13-7-5-9-15(13)29-18/h3-4,6,8H,5,7,9-11H2,1-2H3,(H2,21,22,23,28). The number of anilines is 1. The highest BCUT2D eigenvalue weighted by atomic mass is 32.1. The number of fused-ring (bicyclic) bond motifs is 1.